The van der Waals surface area contributed by atoms with Crippen LogP contribution < -0.4 is 11.1 Å². The molecule has 72 valence electrons. The van der Waals surface area contributed by atoms with Crippen molar-refractivity contribution in [2.24, 2.45) is 0 Å². The van der Waals surface area contributed by atoms with Crippen molar-refractivity contribution in [3.63, 3.8) is 0 Å². The summed E-state index contributed by atoms with van der Waals surface area (Å²) in [6.45, 7) is 0. The molecule has 0 bridgehead atoms. The molecule has 5 heteroatoms. The van der Waals surface area contributed by atoms with Gasteiger partial charge < -0.3 is 11.1 Å². The highest BCUT2D eigenvalue weighted by Crippen LogP contribution is 2.23. The Kier molecular flexibility index (Phi) is 2.63. The zero-order valence-corrected chi connectivity index (χ0v) is 8.31. The Labute approximate surface area is 81.6 Å². The lowest BCUT2D eigenvalue weighted by Crippen LogP contribution is -2.21. The van der Waals surface area contributed by atoms with Crippen LogP contribution >= 0.6 is 11.3 Å². The van der Waals surface area contributed by atoms with E-state index in [0.29, 0.717) is 11.2 Å². The molecule has 0 aromatic carbocycles. The molecular weight excluding hydrogens is 184 g/mol. The van der Waals surface area contributed by atoms with Crippen molar-refractivity contribution in [1.82, 2.24) is 10.2 Å². The van der Waals surface area contributed by atoms with E-state index in [-0.39, 0.29) is 0 Å². The van der Waals surface area contributed by atoms with Crippen LogP contribution in [0.5, 0.6) is 0 Å². The lowest BCUT2D eigenvalue weighted by Gasteiger charge is -2.21. The standard InChI is InChI=1S/C8H14N4S/c9-7-11-12-8(13-7)10-6-4-2-1-3-5-6/h6H,1-5H2,(H2,9,11)(H,10,12). The molecule has 2 rings (SSSR count). The van der Waals surface area contributed by atoms with Crippen molar-refractivity contribution in [1.29, 1.82) is 0 Å². The van der Waals surface area contributed by atoms with E-state index in [1.165, 1.54) is 43.4 Å². The van der Waals surface area contributed by atoms with Gasteiger partial charge >= 0.3 is 0 Å². The van der Waals surface area contributed by atoms with Crippen molar-refractivity contribution in [3.8, 4) is 0 Å². The van der Waals surface area contributed by atoms with Crippen molar-refractivity contribution in [2.75, 3.05) is 11.1 Å². The number of hydrogen-bond acceptors (Lipinski definition) is 5. The Morgan fingerprint density at radius 2 is 2.00 bits per heavy atom. The molecule has 1 fully saturated rings. The zero-order chi connectivity index (χ0) is 9.10. The van der Waals surface area contributed by atoms with Gasteiger partial charge in [0.1, 0.15) is 0 Å². The second-order valence-corrected chi connectivity index (χ2v) is 4.43. The van der Waals surface area contributed by atoms with Gasteiger partial charge in [-0.15, -0.1) is 10.2 Å². The van der Waals surface area contributed by atoms with Crippen molar-refractivity contribution < 1.29 is 0 Å². The topological polar surface area (TPSA) is 63.8 Å². The van der Waals surface area contributed by atoms with Gasteiger partial charge in [-0.1, -0.05) is 30.6 Å². The highest BCUT2D eigenvalue weighted by atomic mass is 32.1. The minimum absolute atomic E-state index is 0.540. The van der Waals surface area contributed by atoms with E-state index in [1.54, 1.807) is 0 Å². The van der Waals surface area contributed by atoms with E-state index in [1.807, 2.05) is 0 Å². The molecule has 0 amide bonds. The fourth-order valence-electron chi connectivity index (χ4n) is 1.71. The zero-order valence-electron chi connectivity index (χ0n) is 7.49. The first-order valence-corrected chi connectivity index (χ1v) is 5.52. The van der Waals surface area contributed by atoms with Crippen LogP contribution in [-0.2, 0) is 0 Å². The number of nitrogens with zero attached hydrogens (tertiary/aromatic N) is 2. The van der Waals surface area contributed by atoms with Gasteiger partial charge in [-0.25, -0.2) is 0 Å². The third kappa shape index (κ3) is 2.30. The number of rotatable bonds is 2. The van der Waals surface area contributed by atoms with Crippen LogP contribution in [0.2, 0.25) is 0 Å². The summed E-state index contributed by atoms with van der Waals surface area (Å²) in [5, 5.41) is 12.5. The SMILES string of the molecule is Nc1nnc(NC2CCCCC2)s1. The van der Waals surface area contributed by atoms with Crippen LogP contribution in [0.15, 0.2) is 0 Å². The van der Waals surface area contributed by atoms with Gasteiger partial charge in [-0.3, -0.25) is 0 Å². The molecule has 0 radical (unpaired) electrons. The maximum absolute atomic E-state index is 5.49. The van der Waals surface area contributed by atoms with Crippen LogP contribution in [0.25, 0.3) is 0 Å². The number of hydrogen-bond donors (Lipinski definition) is 2. The summed E-state index contributed by atoms with van der Waals surface area (Å²) in [4.78, 5) is 0. The largest absolute Gasteiger partial charge is 0.374 e. The Balaban J connectivity index is 1.89. The van der Waals surface area contributed by atoms with Gasteiger partial charge in [0.25, 0.3) is 0 Å². The molecule has 0 atom stereocenters. The number of nitrogens with one attached hydrogen (secondary N) is 1. The maximum atomic E-state index is 5.49. The molecule has 1 saturated carbocycles. The van der Waals surface area contributed by atoms with E-state index < -0.39 is 0 Å². The predicted molar refractivity (Wildman–Crippen MR) is 54.8 cm³/mol. The lowest BCUT2D eigenvalue weighted by molar-refractivity contribution is 0.462. The highest BCUT2D eigenvalue weighted by molar-refractivity contribution is 7.18. The molecule has 1 aliphatic rings. The molecule has 0 unspecified atom stereocenters. The van der Waals surface area contributed by atoms with Gasteiger partial charge in [-0.05, 0) is 12.8 Å². The molecular formula is C8H14N4S. The highest BCUT2D eigenvalue weighted by Gasteiger charge is 2.14. The lowest BCUT2D eigenvalue weighted by atomic mass is 9.96. The smallest absolute Gasteiger partial charge is 0.207 e. The van der Waals surface area contributed by atoms with Gasteiger partial charge in [-0.2, -0.15) is 0 Å². The summed E-state index contributed by atoms with van der Waals surface area (Å²) in [6, 6.07) is 0.584. The summed E-state index contributed by atoms with van der Waals surface area (Å²) in [5.41, 5.74) is 5.49. The molecule has 1 heterocycles. The first-order valence-electron chi connectivity index (χ1n) is 4.70. The number of aromatic nitrogens is 2. The Morgan fingerprint density at radius 1 is 1.23 bits per heavy atom. The molecule has 0 saturated heterocycles. The van der Waals surface area contributed by atoms with Gasteiger partial charge in [0.2, 0.25) is 10.3 Å². The van der Waals surface area contributed by atoms with Crippen LogP contribution in [0.3, 0.4) is 0 Å². The van der Waals surface area contributed by atoms with Crippen LogP contribution in [0.4, 0.5) is 10.3 Å². The number of nitrogens with two attached hydrogens (primary N) is 1. The fourth-order valence-corrected chi connectivity index (χ4v) is 2.30. The minimum atomic E-state index is 0.540. The van der Waals surface area contributed by atoms with E-state index in [4.69, 9.17) is 5.73 Å². The molecule has 1 aromatic rings. The second-order valence-electron chi connectivity index (χ2n) is 3.42. The predicted octanol–water partition coefficient (Wildman–Crippen LogP) is 1.86. The van der Waals surface area contributed by atoms with Crippen LogP contribution in [0.1, 0.15) is 32.1 Å². The van der Waals surface area contributed by atoms with Gasteiger partial charge in [0.15, 0.2) is 0 Å². The molecule has 0 aliphatic heterocycles. The molecule has 3 N–H and O–H groups in total. The minimum Gasteiger partial charge on any atom is -0.374 e. The molecule has 0 spiro atoms. The van der Waals surface area contributed by atoms with Gasteiger partial charge in [0.05, 0.1) is 0 Å². The van der Waals surface area contributed by atoms with E-state index in [2.05, 4.69) is 15.5 Å². The van der Waals surface area contributed by atoms with E-state index >= 15 is 0 Å². The maximum Gasteiger partial charge on any atom is 0.207 e. The molecule has 4 nitrogen and oxygen atoms in total. The fraction of sp³-hybridized carbons (Fsp3) is 0.750. The monoisotopic (exact) mass is 198 g/mol. The molecule has 13 heavy (non-hydrogen) atoms. The first-order chi connectivity index (χ1) is 6.34. The number of nitrogen functional groups attached to an aromatic ring is 1. The summed E-state index contributed by atoms with van der Waals surface area (Å²) in [7, 11) is 0. The quantitative estimate of drug-likeness (QED) is 0.761. The van der Waals surface area contributed by atoms with Gasteiger partial charge in [0, 0.05) is 6.04 Å². The van der Waals surface area contributed by atoms with Crippen LogP contribution in [0, 0.1) is 0 Å². The Bertz CT molecular complexity index is 267. The summed E-state index contributed by atoms with van der Waals surface area (Å²) in [6.07, 6.45) is 6.52. The second kappa shape index (κ2) is 3.91. The first kappa shape index (κ1) is 8.74. The van der Waals surface area contributed by atoms with Crippen LogP contribution in [-0.4, -0.2) is 16.2 Å². The molecule has 1 aromatic heterocycles. The Morgan fingerprint density at radius 3 is 2.62 bits per heavy atom. The van der Waals surface area contributed by atoms with E-state index in [9.17, 15) is 0 Å². The third-order valence-electron chi connectivity index (χ3n) is 2.37. The van der Waals surface area contributed by atoms with E-state index in [0.717, 1.165) is 5.13 Å². The summed E-state index contributed by atoms with van der Waals surface area (Å²) in [5.74, 6) is 0. The average Bonchev–Trinajstić information content (AvgIpc) is 2.53. The number of anilines is 2. The summed E-state index contributed by atoms with van der Waals surface area (Å²) >= 11 is 1.43. The normalized spacial score (nSPS) is 18.8. The molecule has 1 aliphatic carbocycles. The average molecular weight is 198 g/mol. The van der Waals surface area contributed by atoms with Crippen molar-refractivity contribution in [2.45, 2.75) is 38.1 Å². The van der Waals surface area contributed by atoms with Crippen molar-refractivity contribution >= 4 is 21.6 Å². The summed E-state index contributed by atoms with van der Waals surface area (Å²) < 4.78 is 0. The van der Waals surface area contributed by atoms with Crippen molar-refractivity contribution in [3.05, 3.63) is 0 Å². The third-order valence-corrected chi connectivity index (χ3v) is 3.06. The Hall–Kier alpha value is -0.840.